The number of thioether (sulfide) groups is 1. The van der Waals surface area contributed by atoms with Crippen LogP contribution in [0, 0.1) is 5.41 Å². The average molecular weight is 866 g/mol. The summed E-state index contributed by atoms with van der Waals surface area (Å²) in [5, 5.41) is 26.4. The summed E-state index contributed by atoms with van der Waals surface area (Å²) in [6.07, 6.45) is -3.63. The third-order valence-electron chi connectivity index (χ3n) is 7.75. The van der Waals surface area contributed by atoms with Crippen LogP contribution in [0.15, 0.2) is 12.7 Å². The molecule has 0 bridgehead atoms. The maximum absolute atomic E-state index is 12.7. The number of rotatable bonds is 23. The lowest BCUT2D eigenvalue weighted by Gasteiger charge is -2.30. The zero-order chi connectivity index (χ0) is 41.2. The molecule has 0 spiro atoms. The van der Waals surface area contributed by atoms with Crippen molar-refractivity contribution in [3.8, 4) is 0 Å². The molecule has 2 aromatic rings. The highest BCUT2D eigenvalue weighted by Gasteiger charge is 2.50. The highest BCUT2D eigenvalue weighted by molar-refractivity contribution is 8.13. The number of carbonyl (C=O) groups excluding carboxylic acids is 3. The summed E-state index contributed by atoms with van der Waals surface area (Å²) in [5.74, 6) is -1.04. The fourth-order valence-corrected chi connectivity index (χ4v) is 8.44. The molecule has 3 rings (SSSR count). The van der Waals surface area contributed by atoms with Crippen LogP contribution >= 0.6 is 35.2 Å². The number of amides is 2. The number of carbonyl (C=O) groups is 3. The van der Waals surface area contributed by atoms with Crippen LogP contribution in [0.3, 0.4) is 0 Å². The summed E-state index contributed by atoms with van der Waals surface area (Å²) in [4.78, 5) is 87.3. The molecule has 0 aliphatic carbocycles. The number of unbranched alkanes of at least 4 members (excludes halogenated alkanes) is 2. The van der Waals surface area contributed by atoms with Crippen LogP contribution in [0.5, 0.6) is 0 Å². The van der Waals surface area contributed by atoms with Crippen molar-refractivity contribution in [2.75, 3.05) is 37.8 Å². The van der Waals surface area contributed by atoms with Crippen LogP contribution in [0.2, 0.25) is 0 Å². The van der Waals surface area contributed by atoms with Gasteiger partial charge in [-0.1, -0.05) is 45.4 Å². The zero-order valence-corrected chi connectivity index (χ0v) is 33.4. The monoisotopic (exact) mass is 865 g/mol. The number of hydrogen-bond donors (Lipinski definition) is 9. The lowest BCUT2D eigenvalue weighted by atomic mass is 9.87. The first kappa shape index (κ1) is 46.9. The predicted octanol–water partition coefficient (Wildman–Crippen LogP) is 0.245. The number of nitrogen functional groups attached to an aromatic ring is 1. The average Bonchev–Trinajstić information content (AvgIpc) is 3.64. The number of anilines is 1. The van der Waals surface area contributed by atoms with Gasteiger partial charge >= 0.3 is 23.5 Å². The van der Waals surface area contributed by atoms with Gasteiger partial charge < -0.3 is 50.9 Å². The van der Waals surface area contributed by atoms with Crippen molar-refractivity contribution in [1.29, 1.82) is 0 Å². The quantitative estimate of drug-likeness (QED) is 0.0534. The van der Waals surface area contributed by atoms with Gasteiger partial charge in [-0.05, 0) is 6.42 Å². The number of ether oxygens (including phenoxy) is 1. The zero-order valence-electron chi connectivity index (χ0n) is 29.9. The molecule has 24 nitrogen and oxygen atoms in total. The Hall–Kier alpha value is -2.44. The van der Waals surface area contributed by atoms with Gasteiger partial charge in [-0.3, -0.25) is 32.5 Å². The molecule has 1 saturated heterocycles. The molecule has 3 heterocycles. The molecular weight excluding hydrogens is 819 g/mol. The first-order valence-electron chi connectivity index (χ1n) is 16.6. The van der Waals surface area contributed by atoms with E-state index in [0.717, 1.165) is 48.2 Å². The van der Waals surface area contributed by atoms with E-state index in [1.165, 1.54) is 13.8 Å². The smallest absolute Gasteiger partial charge is 0.386 e. The minimum Gasteiger partial charge on any atom is -0.386 e. The highest BCUT2D eigenvalue weighted by atomic mass is 32.2. The van der Waals surface area contributed by atoms with E-state index in [1.54, 1.807) is 0 Å². The topological polar surface area (TPSA) is 364 Å². The van der Waals surface area contributed by atoms with E-state index in [-0.39, 0.29) is 41.6 Å². The van der Waals surface area contributed by atoms with Crippen molar-refractivity contribution < 1.29 is 80.5 Å². The molecular formula is C27H46N7O17P3S. The number of fused-ring (bicyclic) bond motifs is 1. The number of nitrogens with zero attached hydrogens (tertiary/aromatic N) is 4. The summed E-state index contributed by atoms with van der Waals surface area (Å²) in [6.45, 7) is 2.59. The van der Waals surface area contributed by atoms with Gasteiger partial charge in [0, 0.05) is 37.1 Å². The van der Waals surface area contributed by atoms with Crippen molar-refractivity contribution in [3.05, 3.63) is 12.7 Å². The second kappa shape index (κ2) is 20.3. The summed E-state index contributed by atoms with van der Waals surface area (Å²) in [7, 11) is -16.4. The first-order valence-corrected chi connectivity index (χ1v) is 22.1. The van der Waals surface area contributed by atoms with Gasteiger partial charge in [0.1, 0.15) is 36.3 Å². The standard InChI is InChI=1S/C27H46N7O17P3S/c1-4-5-6-7-18(36)55-11-10-29-17(35)8-9-30-25(39)22(38)27(2,3)13-48-54(45,46)51-53(43,44)47-12-16-21(50-52(40,41)42)20(37)26(49-16)34-15-33-19-23(28)31-14-32-24(19)34/h14-16,20-22,26,37-38H,4-13H2,1-3H3,(H,29,35)(H,30,39)(H,43,44)(H,45,46)(H2,28,31,32)(H2,40,41,42)/t16-,20-,21-,22?,26-/m1/s1. The normalized spacial score (nSPS) is 21.8. The van der Waals surface area contributed by atoms with E-state index in [1.807, 2.05) is 6.92 Å². The molecule has 28 heteroatoms. The Morgan fingerprint density at radius 3 is 2.40 bits per heavy atom. The number of phosphoric ester groups is 3. The minimum absolute atomic E-state index is 0.0321. The molecule has 55 heavy (non-hydrogen) atoms. The number of hydrogen-bond acceptors (Lipinski definition) is 18. The summed E-state index contributed by atoms with van der Waals surface area (Å²) >= 11 is 1.12. The SMILES string of the molecule is CCCCCC(=O)SCCNC(=O)CCNC(=O)C(O)C(C)(C)COP(=O)(O)OP(=O)(O)OC[C@H]1O[C@@H](n2cnc3c(N)ncnc32)[C@H](O)[C@@H]1OP(=O)(O)O. The van der Waals surface area contributed by atoms with Crippen molar-refractivity contribution >= 4 is 69.1 Å². The Morgan fingerprint density at radius 1 is 1.04 bits per heavy atom. The molecule has 3 unspecified atom stereocenters. The maximum Gasteiger partial charge on any atom is 0.481 e. The molecule has 10 N–H and O–H groups in total. The Balaban J connectivity index is 1.49. The highest BCUT2D eigenvalue weighted by Crippen LogP contribution is 2.61. The number of aliphatic hydroxyl groups excluding tert-OH is 2. The van der Waals surface area contributed by atoms with Crippen LogP contribution < -0.4 is 16.4 Å². The largest absolute Gasteiger partial charge is 0.481 e. The number of aliphatic hydroxyl groups is 2. The number of phosphoric acid groups is 3. The van der Waals surface area contributed by atoms with Crippen molar-refractivity contribution in [1.82, 2.24) is 30.2 Å². The lowest BCUT2D eigenvalue weighted by Crippen LogP contribution is -2.46. The van der Waals surface area contributed by atoms with E-state index in [4.69, 9.17) is 19.5 Å². The molecule has 2 amide bonds. The third-order valence-corrected chi connectivity index (χ3v) is 11.8. The molecule has 0 saturated carbocycles. The third kappa shape index (κ3) is 14.8. The Bertz CT molecular complexity index is 1780. The second-order valence-electron chi connectivity index (χ2n) is 12.7. The molecule has 2 aromatic heterocycles. The van der Waals surface area contributed by atoms with E-state index in [0.29, 0.717) is 12.2 Å². The summed E-state index contributed by atoms with van der Waals surface area (Å²) < 4.78 is 62.1. The fraction of sp³-hybridized carbons (Fsp3) is 0.704. The number of nitrogens with two attached hydrogens (primary N) is 1. The van der Waals surface area contributed by atoms with Gasteiger partial charge in [0.15, 0.2) is 22.8 Å². The van der Waals surface area contributed by atoms with Gasteiger partial charge in [0.25, 0.3) is 0 Å². The van der Waals surface area contributed by atoms with E-state index >= 15 is 0 Å². The molecule has 312 valence electrons. The number of imidazole rings is 1. The molecule has 1 fully saturated rings. The van der Waals surface area contributed by atoms with Crippen molar-refractivity contribution in [2.45, 2.75) is 83.5 Å². The van der Waals surface area contributed by atoms with Crippen molar-refractivity contribution in [2.24, 2.45) is 5.41 Å². The molecule has 7 atom stereocenters. The number of nitrogens with one attached hydrogen (secondary N) is 2. The Morgan fingerprint density at radius 2 is 1.73 bits per heavy atom. The molecule has 0 aromatic carbocycles. The van der Waals surface area contributed by atoms with Crippen LogP contribution in [-0.2, 0) is 50.7 Å². The maximum atomic E-state index is 12.7. The van der Waals surface area contributed by atoms with E-state index in [2.05, 4.69) is 34.4 Å². The van der Waals surface area contributed by atoms with Crippen LogP contribution in [0.4, 0.5) is 5.82 Å². The van der Waals surface area contributed by atoms with E-state index in [9.17, 15) is 57.9 Å². The lowest BCUT2D eigenvalue weighted by molar-refractivity contribution is -0.137. The van der Waals surface area contributed by atoms with Gasteiger partial charge in [0.2, 0.25) is 11.8 Å². The first-order chi connectivity index (χ1) is 25.6. The molecule has 1 aliphatic heterocycles. The fourth-order valence-electron chi connectivity index (χ4n) is 4.89. The summed E-state index contributed by atoms with van der Waals surface area (Å²) in [5.41, 5.74) is 4.27. The molecule has 0 radical (unpaired) electrons. The van der Waals surface area contributed by atoms with Gasteiger partial charge in [0.05, 0.1) is 19.5 Å². The van der Waals surface area contributed by atoms with Crippen LogP contribution in [-0.4, -0.2) is 123 Å². The van der Waals surface area contributed by atoms with Crippen LogP contribution in [0.25, 0.3) is 11.2 Å². The van der Waals surface area contributed by atoms with E-state index < -0.39 is 84.6 Å². The van der Waals surface area contributed by atoms with Crippen LogP contribution in [0.1, 0.15) is 59.1 Å². The van der Waals surface area contributed by atoms with Gasteiger partial charge in [-0.15, -0.1) is 0 Å². The minimum atomic E-state index is -5.56. The molecule has 1 aliphatic rings. The van der Waals surface area contributed by atoms with Crippen molar-refractivity contribution in [3.63, 3.8) is 0 Å². The predicted molar refractivity (Wildman–Crippen MR) is 191 cm³/mol. The second-order valence-corrected chi connectivity index (χ2v) is 18.1. The number of aromatic nitrogens is 4. The Labute approximate surface area is 318 Å². The Kier molecular flexibility index (Phi) is 17.3. The van der Waals surface area contributed by atoms with Gasteiger partial charge in [-0.2, -0.15) is 4.31 Å². The summed E-state index contributed by atoms with van der Waals surface area (Å²) in [6, 6.07) is 0. The van der Waals surface area contributed by atoms with Gasteiger partial charge in [-0.25, -0.2) is 28.6 Å².